The number of aromatic nitrogens is 2. The Kier molecular flexibility index (Phi) is 7.36. The molecule has 0 radical (unpaired) electrons. The van der Waals surface area contributed by atoms with Crippen molar-refractivity contribution >= 4 is 24.0 Å². The molecular formula is C24H29ClN4O2. The molecular weight excluding hydrogens is 412 g/mol. The summed E-state index contributed by atoms with van der Waals surface area (Å²) in [7, 11) is 1.63. The summed E-state index contributed by atoms with van der Waals surface area (Å²) in [6, 6.07) is 13.7. The van der Waals surface area contributed by atoms with E-state index in [9.17, 15) is 4.79 Å². The number of halogens is 1. The van der Waals surface area contributed by atoms with Gasteiger partial charge >= 0.3 is 0 Å². The number of anilines is 1. The second-order valence-corrected chi connectivity index (χ2v) is 7.83. The second kappa shape index (κ2) is 9.98. The molecule has 0 atom stereocenters. The molecule has 1 amide bonds. The molecule has 1 saturated heterocycles. The average Bonchev–Trinajstić information content (AvgIpc) is 3.22. The van der Waals surface area contributed by atoms with Gasteiger partial charge in [0.2, 0.25) is 0 Å². The first-order chi connectivity index (χ1) is 14.6. The molecule has 3 aromatic rings. The summed E-state index contributed by atoms with van der Waals surface area (Å²) in [5.74, 6) is 0.904. The minimum absolute atomic E-state index is 0. The van der Waals surface area contributed by atoms with Gasteiger partial charge in [-0.15, -0.1) is 12.4 Å². The van der Waals surface area contributed by atoms with Gasteiger partial charge in [-0.05, 0) is 87.3 Å². The molecule has 2 aromatic carbocycles. The third-order valence-electron chi connectivity index (χ3n) is 5.86. The Labute approximate surface area is 189 Å². The van der Waals surface area contributed by atoms with E-state index in [2.05, 4.69) is 47.8 Å². The summed E-state index contributed by atoms with van der Waals surface area (Å²) >= 11 is 0. The van der Waals surface area contributed by atoms with Crippen LogP contribution in [0.4, 0.5) is 5.69 Å². The lowest BCUT2D eigenvalue weighted by atomic mass is 9.91. The van der Waals surface area contributed by atoms with Crippen LogP contribution in [0, 0.1) is 13.8 Å². The summed E-state index contributed by atoms with van der Waals surface area (Å²) in [4.78, 5) is 13.2. The fraction of sp³-hybridized carbons (Fsp3) is 0.333. The van der Waals surface area contributed by atoms with Crippen LogP contribution in [-0.4, -0.2) is 35.9 Å². The molecule has 1 aromatic heterocycles. The minimum Gasteiger partial charge on any atom is -0.497 e. The Hall–Kier alpha value is -2.83. The molecule has 0 unspecified atom stereocenters. The zero-order valence-electron chi connectivity index (χ0n) is 18.1. The number of nitrogens with zero attached hydrogens (tertiary/aromatic N) is 2. The van der Waals surface area contributed by atoms with E-state index in [1.807, 2.05) is 28.9 Å². The van der Waals surface area contributed by atoms with Crippen molar-refractivity contribution < 1.29 is 9.53 Å². The molecule has 6 nitrogen and oxygen atoms in total. The average molecular weight is 441 g/mol. The number of hydrogen-bond donors (Lipinski definition) is 2. The second-order valence-electron chi connectivity index (χ2n) is 7.83. The van der Waals surface area contributed by atoms with Gasteiger partial charge in [0, 0.05) is 11.6 Å². The predicted molar refractivity (Wildman–Crippen MR) is 126 cm³/mol. The van der Waals surface area contributed by atoms with Crippen LogP contribution < -0.4 is 15.4 Å². The lowest BCUT2D eigenvalue weighted by molar-refractivity contribution is 0.102. The summed E-state index contributed by atoms with van der Waals surface area (Å²) in [5, 5.41) is 11.1. The molecule has 0 spiro atoms. The Morgan fingerprint density at radius 3 is 2.45 bits per heavy atom. The highest BCUT2D eigenvalue weighted by Crippen LogP contribution is 2.31. The van der Waals surface area contributed by atoms with Crippen LogP contribution in [0.1, 0.15) is 45.9 Å². The van der Waals surface area contributed by atoms with E-state index in [1.165, 1.54) is 11.1 Å². The van der Waals surface area contributed by atoms with Crippen molar-refractivity contribution in [3.63, 3.8) is 0 Å². The van der Waals surface area contributed by atoms with Crippen molar-refractivity contribution in [2.45, 2.75) is 32.6 Å². The minimum atomic E-state index is -0.135. The highest BCUT2D eigenvalue weighted by atomic mass is 35.5. The molecule has 0 bridgehead atoms. The molecule has 2 heterocycles. The van der Waals surface area contributed by atoms with Gasteiger partial charge in [-0.1, -0.05) is 6.07 Å². The van der Waals surface area contributed by atoms with Crippen LogP contribution in [0.15, 0.2) is 48.7 Å². The number of rotatable bonds is 5. The number of amides is 1. The summed E-state index contributed by atoms with van der Waals surface area (Å²) in [6.45, 7) is 6.10. The normalized spacial score (nSPS) is 14.0. The number of piperidine rings is 1. The quantitative estimate of drug-likeness (QED) is 0.606. The summed E-state index contributed by atoms with van der Waals surface area (Å²) in [5.41, 5.74) is 5.81. The van der Waals surface area contributed by atoms with E-state index in [0.29, 0.717) is 5.56 Å². The zero-order chi connectivity index (χ0) is 21.1. The van der Waals surface area contributed by atoms with Crippen molar-refractivity contribution in [3.05, 3.63) is 71.0 Å². The number of hydrogen-bond acceptors (Lipinski definition) is 4. The number of nitrogens with one attached hydrogen (secondary N) is 2. The van der Waals surface area contributed by atoms with Gasteiger partial charge in [0.1, 0.15) is 5.75 Å². The van der Waals surface area contributed by atoms with Crippen molar-refractivity contribution in [3.8, 4) is 11.4 Å². The van der Waals surface area contributed by atoms with Crippen LogP contribution in [-0.2, 0) is 0 Å². The third-order valence-corrected chi connectivity index (χ3v) is 5.86. The first kappa shape index (κ1) is 22.8. The van der Waals surface area contributed by atoms with Gasteiger partial charge in [-0.2, -0.15) is 5.10 Å². The van der Waals surface area contributed by atoms with E-state index < -0.39 is 0 Å². The number of carbonyl (C=O) groups is 1. The molecule has 0 aliphatic carbocycles. The van der Waals surface area contributed by atoms with Crippen LogP contribution in [0.2, 0.25) is 0 Å². The van der Waals surface area contributed by atoms with Crippen LogP contribution in [0.25, 0.3) is 5.69 Å². The summed E-state index contributed by atoms with van der Waals surface area (Å²) in [6.07, 6.45) is 3.67. The number of methoxy groups -OCH3 is 1. The SMILES string of the molecule is COc1ccc(NC(=O)c2cnn(-c3ccc(C)c(C)c3)c2C2CCNCC2)cc1.Cl. The van der Waals surface area contributed by atoms with E-state index in [0.717, 1.165) is 48.7 Å². The van der Waals surface area contributed by atoms with Gasteiger partial charge in [-0.25, -0.2) is 4.68 Å². The fourth-order valence-corrected chi connectivity index (χ4v) is 3.96. The van der Waals surface area contributed by atoms with E-state index in [4.69, 9.17) is 4.74 Å². The fourth-order valence-electron chi connectivity index (χ4n) is 3.96. The molecule has 4 rings (SSSR count). The van der Waals surface area contributed by atoms with E-state index >= 15 is 0 Å². The summed E-state index contributed by atoms with van der Waals surface area (Å²) < 4.78 is 7.15. The first-order valence-corrected chi connectivity index (χ1v) is 10.4. The Balaban J connectivity index is 0.00000272. The van der Waals surface area contributed by atoms with Gasteiger partial charge in [0.05, 0.1) is 30.3 Å². The van der Waals surface area contributed by atoms with Crippen molar-refractivity contribution in [2.75, 3.05) is 25.5 Å². The van der Waals surface area contributed by atoms with Gasteiger partial charge in [0.15, 0.2) is 0 Å². The van der Waals surface area contributed by atoms with Crippen LogP contribution in [0.3, 0.4) is 0 Å². The van der Waals surface area contributed by atoms with Crippen molar-refractivity contribution in [2.24, 2.45) is 0 Å². The highest BCUT2D eigenvalue weighted by Gasteiger charge is 2.27. The predicted octanol–water partition coefficient (Wildman–Crippen LogP) is 4.64. The molecule has 164 valence electrons. The molecule has 7 heteroatoms. The Morgan fingerprint density at radius 2 is 1.81 bits per heavy atom. The smallest absolute Gasteiger partial charge is 0.259 e. The number of aryl methyl sites for hydroxylation is 2. The monoisotopic (exact) mass is 440 g/mol. The van der Waals surface area contributed by atoms with Crippen LogP contribution in [0.5, 0.6) is 5.75 Å². The Morgan fingerprint density at radius 1 is 1.10 bits per heavy atom. The molecule has 2 N–H and O–H groups in total. The van der Waals surface area contributed by atoms with Crippen molar-refractivity contribution in [1.29, 1.82) is 0 Å². The number of ether oxygens (including phenoxy) is 1. The highest BCUT2D eigenvalue weighted by molar-refractivity contribution is 6.05. The topological polar surface area (TPSA) is 68.2 Å². The van der Waals surface area contributed by atoms with Crippen molar-refractivity contribution in [1.82, 2.24) is 15.1 Å². The molecule has 31 heavy (non-hydrogen) atoms. The zero-order valence-corrected chi connectivity index (χ0v) is 19.0. The molecule has 1 aliphatic rings. The largest absolute Gasteiger partial charge is 0.497 e. The first-order valence-electron chi connectivity index (χ1n) is 10.4. The maximum absolute atomic E-state index is 13.2. The maximum Gasteiger partial charge on any atom is 0.259 e. The van der Waals surface area contributed by atoms with Gasteiger partial charge in [-0.3, -0.25) is 4.79 Å². The third kappa shape index (κ3) is 4.92. The number of carbonyl (C=O) groups excluding carboxylic acids is 1. The van der Waals surface area contributed by atoms with Gasteiger partial charge in [0.25, 0.3) is 5.91 Å². The Bertz CT molecular complexity index is 1040. The van der Waals surface area contributed by atoms with E-state index in [1.54, 1.807) is 13.3 Å². The van der Waals surface area contributed by atoms with E-state index in [-0.39, 0.29) is 24.2 Å². The number of benzene rings is 2. The molecule has 0 saturated carbocycles. The van der Waals surface area contributed by atoms with Crippen LogP contribution >= 0.6 is 12.4 Å². The maximum atomic E-state index is 13.2. The van der Waals surface area contributed by atoms with Gasteiger partial charge < -0.3 is 15.4 Å². The lowest BCUT2D eigenvalue weighted by Gasteiger charge is -2.25. The molecule has 1 aliphatic heterocycles. The lowest BCUT2D eigenvalue weighted by Crippen LogP contribution is -2.29. The standard InChI is InChI=1S/C24H28N4O2.ClH/c1-16-4-7-20(14-17(16)2)28-23(18-10-12-25-13-11-18)22(15-26-28)24(29)27-19-5-8-21(30-3)9-6-19;/h4-9,14-15,18,25H,10-13H2,1-3H3,(H,27,29);1H. The molecule has 1 fully saturated rings.